The Bertz CT molecular complexity index is 1130. The summed E-state index contributed by atoms with van der Waals surface area (Å²) in [4.78, 5) is 23.9. The topological polar surface area (TPSA) is 51.0 Å². The number of carbonyl (C=O) groups excluding carboxylic acids is 1. The van der Waals surface area contributed by atoms with Crippen LogP contribution in [0.5, 0.6) is 0 Å². The van der Waals surface area contributed by atoms with Crippen LogP contribution in [0, 0.1) is 0 Å². The first kappa shape index (κ1) is 23.3. The van der Waals surface area contributed by atoms with Gasteiger partial charge in [-0.15, -0.1) is 12.4 Å². The largest absolute Gasteiger partial charge is 0.337 e. The van der Waals surface area contributed by atoms with Gasteiger partial charge in [0.05, 0.1) is 23.0 Å². The zero-order valence-electron chi connectivity index (χ0n) is 17.2. The van der Waals surface area contributed by atoms with Crippen LogP contribution in [0.15, 0.2) is 61.2 Å². The van der Waals surface area contributed by atoms with Gasteiger partial charge >= 0.3 is 0 Å². The number of rotatable bonds is 8. The monoisotopic (exact) mass is 474 g/mol. The molecule has 0 spiro atoms. The number of benzene rings is 2. The molecule has 2 aromatic heterocycles. The molecule has 0 bridgehead atoms. The van der Waals surface area contributed by atoms with Crippen LogP contribution < -0.4 is 4.90 Å². The summed E-state index contributed by atoms with van der Waals surface area (Å²) in [5, 5.41) is 1.42. The van der Waals surface area contributed by atoms with Gasteiger partial charge in [0.2, 0.25) is 5.91 Å². The molecular weight excluding hydrogens is 451 g/mol. The first-order chi connectivity index (χ1) is 14.6. The standard InChI is InChI=1S/C23H23ClN4OS.ClH/c1-2-17-6-9-20-21(14-17)30-23(26-20)28(12-3-11-27-13-10-25-16-27)22(29)15-18-4-7-19(24)8-5-18;/h4-10,13-14,16H,2-3,11-12,15H2,1H3;1H. The highest BCUT2D eigenvalue weighted by Gasteiger charge is 2.20. The van der Waals surface area contributed by atoms with E-state index in [0.717, 1.165) is 40.3 Å². The van der Waals surface area contributed by atoms with Gasteiger partial charge in [-0.3, -0.25) is 9.69 Å². The third kappa shape index (κ3) is 5.85. The molecule has 162 valence electrons. The number of nitrogens with zero attached hydrogens (tertiary/aromatic N) is 4. The Morgan fingerprint density at radius 1 is 1.16 bits per heavy atom. The molecular formula is C23H24Cl2N4OS. The number of fused-ring (bicyclic) bond motifs is 1. The van der Waals surface area contributed by atoms with E-state index in [1.807, 2.05) is 46.0 Å². The lowest BCUT2D eigenvalue weighted by Gasteiger charge is -2.20. The van der Waals surface area contributed by atoms with Crippen LogP contribution in [0.1, 0.15) is 24.5 Å². The Labute approximate surface area is 197 Å². The Hall–Kier alpha value is -2.41. The van der Waals surface area contributed by atoms with Crippen LogP contribution in [-0.2, 0) is 24.2 Å². The van der Waals surface area contributed by atoms with Crippen molar-refractivity contribution in [3.63, 3.8) is 0 Å². The maximum absolute atomic E-state index is 13.2. The molecule has 4 rings (SSSR count). The Kier molecular flexibility index (Phi) is 8.07. The van der Waals surface area contributed by atoms with Gasteiger partial charge in [-0.05, 0) is 48.2 Å². The van der Waals surface area contributed by atoms with Gasteiger partial charge in [0.1, 0.15) is 0 Å². The van der Waals surface area contributed by atoms with E-state index in [4.69, 9.17) is 16.6 Å². The van der Waals surface area contributed by atoms with Crippen LogP contribution in [0.3, 0.4) is 0 Å². The maximum Gasteiger partial charge on any atom is 0.233 e. The summed E-state index contributed by atoms with van der Waals surface area (Å²) in [6.45, 7) is 3.54. The van der Waals surface area contributed by atoms with Crippen molar-refractivity contribution in [2.75, 3.05) is 11.4 Å². The van der Waals surface area contributed by atoms with E-state index in [9.17, 15) is 4.79 Å². The van der Waals surface area contributed by atoms with Crippen LogP contribution in [0.4, 0.5) is 5.13 Å². The van der Waals surface area contributed by atoms with Crippen molar-refractivity contribution in [3.05, 3.63) is 77.3 Å². The Morgan fingerprint density at radius 2 is 1.94 bits per heavy atom. The average Bonchev–Trinajstić information content (AvgIpc) is 3.41. The maximum atomic E-state index is 13.2. The van der Waals surface area contributed by atoms with E-state index in [1.54, 1.807) is 23.9 Å². The van der Waals surface area contributed by atoms with E-state index in [0.29, 0.717) is 18.0 Å². The van der Waals surface area contributed by atoms with Crippen LogP contribution >= 0.6 is 35.3 Å². The number of thiazole rings is 1. The number of anilines is 1. The highest BCUT2D eigenvalue weighted by molar-refractivity contribution is 7.22. The molecule has 4 aromatic rings. The fourth-order valence-corrected chi connectivity index (χ4v) is 4.52. The number of aryl methyl sites for hydroxylation is 2. The normalized spacial score (nSPS) is 10.8. The van der Waals surface area contributed by atoms with E-state index >= 15 is 0 Å². The minimum atomic E-state index is 0. The predicted molar refractivity (Wildman–Crippen MR) is 131 cm³/mol. The average molecular weight is 475 g/mol. The molecule has 0 aliphatic rings. The predicted octanol–water partition coefficient (Wildman–Crippen LogP) is 5.80. The molecule has 0 N–H and O–H groups in total. The fourth-order valence-electron chi connectivity index (χ4n) is 3.32. The summed E-state index contributed by atoms with van der Waals surface area (Å²) in [6, 6.07) is 13.7. The molecule has 2 heterocycles. The van der Waals surface area contributed by atoms with E-state index < -0.39 is 0 Å². The van der Waals surface area contributed by atoms with Crippen LogP contribution in [0.25, 0.3) is 10.2 Å². The van der Waals surface area contributed by atoms with Gasteiger partial charge in [-0.1, -0.05) is 48.1 Å². The number of aromatic nitrogens is 3. The number of amides is 1. The molecule has 0 radical (unpaired) electrons. The van der Waals surface area contributed by atoms with Gasteiger partial charge in [0, 0.05) is 30.5 Å². The van der Waals surface area contributed by atoms with Crippen molar-refractivity contribution in [1.82, 2.24) is 14.5 Å². The van der Waals surface area contributed by atoms with Gasteiger partial charge < -0.3 is 4.57 Å². The highest BCUT2D eigenvalue weighted by atomic mass is 35.5. The second-order valence-corrected chi connectivity index (χ2v) is 8.60. The molecule has 0 aliphatic heterocycles. The van der Waals surface area contributed by atoms with E-state index in [2.05, 4.69) is 24.0 Å². The number of carbonyl (C=O) groups is 1. The smallest absolute Gasteiger partial charge is 0.233 e. The van der Waals surface area contributed by atoms with Crippen molar-refractivity contribution in [2.24, 2.45) is 0 Å². The third-order valence-electron chi connectivity index (χ3n) is 5.01. The van der Waals surface area contributed by atoms with Crippen molar-refractivity contribution in [2.45, 2.75) is 32.7 Å². The van der Waals surface area contributed by atoms with E-state index in [-0.39, 0.29) is 18.3 Å². The summed E-state index contributed by atoms with van der Waals surface area (Å²) in [7, 11) is 0. The molecule has 0 atom stereocenters. The molecule has 0 fully saturated rings. The highest BCUT2D eigenvalue weighted by Crippen LogP contribution is 2.30. The van der Waals surface area contributed by atoms with Gasteiger partial charge in [0.25, 0.3) is 0 Å². The van der Waals surface area contributed by atoms with E-state index in [1.165, 1.54) is 5.56 Å². The Morgan fingerprint density at radius 3 is 2.65 bits per heavy atom. The SMILES string of the molecule is CCc1ccc2nc(N(CCCn3ccnc3)C(=O)Cc3ccc(Cl)cc3)sc2c1.Cl. The summed E-state index contributed by atoms with van der Waals surface area (Å²) in [6.07, 6.45) is 7.61. The summed E-state index contributed by atoms with van der Waals surface area (Å²) < 4.78 is 3.14. The van der Waals surface area contributed by atoms with Crippen molar-refractivity contribution < 1.29 is 4.79 Å². The van der Waals surface area contributed by atoms with Gasteiger partial charge in [0.15, 0.2) is 5.13 Å². The number of hydrogen-bond acceptors (Lipinski definition) is 4. The zero-order chi connectivity index (χ0) is 20.9. The Balaban J connectivity index is 0.00000272. The van der Waals surface area contributed by atoms with Crippen LogP contribution in [-0.4, -0.2) is 27.0 Å². The second-order valence-electron chi connectivity index (χ2n) is 7.15. The first-order valence-electron chi connectivity index (χ1n) is 10.0. The lowest BCUT2D eigenvalue weighted by molar-refractivity contribution is -0.118. The molecule has 0 saturated carbocycles. The van der Waals surface area contributed by atoms with Crippen LogP contribution in [0.2, 0.25) is 5.02 Å². The molecule has 1 amide bonds. The minimum Gasteiger partial charge on any atom is -0.337 e. The van der Waals surface area contributed by atoms with Gasteiger partial charge in [-0.2, -0.15) is 0 Å². The number of imidazole rings is 1. The van der Waals surface area contributed by atoms with Crippen molar-refractivity contribution in [3.8, 4) is 0 Å². The number of hydrogen-bond donors (Lipinski definition) is 0. The van der Waals surface area contributed by atoms with Gasteiger partial charge in [-0.25, -0.2) is 9.97 Å². The first-order valence-corrected chi connectivity index (χ1v) is 11.2. The molecule has 31 heavy (non-hydrogen) atoms. The molecule has 0 unspecified atom stereocenters. The zero-order valence-corrected chi connectivity index (χ0v) is 19.6. The second kappa shape index (κ2) is 10.8. The fraction of sp³-hybridized carbons (Fsp3) is 0.261. The molecule has 2 aromatic carbocycles. The third-order valence-corrected chi connectivity index (χ3v) is 6.30. The molecule has 0 aliphatic carbocycles. The summed E-state index contributed by atoms with van der Waals surface area (Å²) in [5.74, 6) is 0.0396. The lowest BCUT2D eigenvalue weighted by atomic mass is 10.1. The lowest BCUT2D eigenvalue weighted by Crippen LogP contribution is -2.33. The van der Waals surface area contributed by atoms with Crippen molar-refractivity contribution in [1.29, 1.82) is 0 Å². The summed E-state index contributed by atoms with van der Waals surface area (Å²) >= 11 is 7.56. The minimum absolute atomic E-state index is 0. The molecule has 8 heteroatoms. The summed E-state index contributed by atoms with van der Waals surface area (Å²) in [5.41, 5.74) is 3.15. The molecule has 0 saturated heterocycles. The quantitative estimate of drug-likeness (QED) is 0.324. The van der Waals surface area contributed by atoms with Crippen molar-refractivity contribution >= 4 is 56.6 Å². The number of halogens is 2. The molecule has 5 nitrogen and oxygen atoms in total.